The molecule has 0 aromatic carbocycles. The lowest BCUT2D eigenvalue weighted by atomic mass is 10.0. The Hall–Kier alpha value is -0.910. The highest BCUT2D eigenvalue weighted by Gasteiger charge is 2.39. The lowest BCUT2D eigenvalue weighted by Crippen LogP contribution is -2.44. The Morgan fingerprint density at radius 1 is 1.45 bits per heavy atom. The fourth-order valence-corrected chi connectivity index (χ4v) is 4.06. The number of ether oxygens (including phenoxy) is 1. The van der Waals surface area contributed by atoms with Crippen molar-refractivity contribution < 1.29 is 9.53 Å². The largest absolute Gasteiger partial charge is 0.461 e. The van der Waals surface area contributed by atoms with Crippen molar-refractivity contribution in [2.75, 3.05) is 13.6 Å². The Kier molecular flexibility index (Phi) is 4.38. The Morgan fingerprint density at radius 3 is 2.85 bits per heavy atom. The number of nitrogens with one attached hydrogen (secondary N) is 1. The van der Waals surface area contributed by atoms with Crippen LogP contribution in [0.15, 0.2) is 17.5 Å². The van der Waals surface area contributed by atoms with E-state index in [1.807, 2.05) is 11.4 Å². The summed E-state index contributed by atoms with van der Waals surface area (Å²) in [6, 6.07) is 5.32. The number of rotatable bonds is 5. The molecule has 4 nitrogen and oxygen atoms in total. The monoisotopic (exact) mass is 294 g/mol. The smallest absolute Gasteiger partial charge is 0.320 e. The number of thiophene rings is 1. The van der Waals surface area contributed by atoms with Crippen LogP contribution in [0.5, 0.6) is 0 Å². The number of hydrogen-bond donors (Lipinski definition) is 1. The highest BCUT2D eigenvalue weighted by atomic mass is 32.1. The van der Waals surface area contributed by atoms with Gasteiger partial charge in [-0.25, -0.2) is 0 Å². The van der Waals surface area contributed by atoms with Gasteiger partial charge in [-0.2, -0.15) is 0 Å². The molecule has 20 heavy (non-hydrogen) atoms. The van der Waals surface area contributed by atoms with Crippen molar-refractivity contribution in [3.63, 3.8) is 0 Å². The molecule has 0 saturated carbocycles. The topological polar surface area (TPSA) is 41.6 Å². The standard InChI is InChI=1S/C15H22N2O2S/c1-17-11-4-5-12(17)8-13(7-11)19-15(18)10-16-9-14-3-2-6-20-14/h2-3,6,11-13,16H,4-5,7-10H2,1H3/t11-,12+,13?. The summed E-state index contributed by atoms with van der Waals surface area (Å²) in [6.07, 6.45) is 4.64. The number of carbonyl (C=O) groups is 1. The number of hydrogen-bond acceptors (Lipinski definition) is 5. The first-order valence-corrected chi connectivity index (χ1v) is 8.25. The molecule has 2 saturated heterocycles. The zero-order valence-electron chi connectivity index (χ0n) is 11.9. The molecule has 3 rings (SSSR count). The van der Waals surface area contributed by atoms with E-state index in [-0.39, 0.29) is 12.1 Å². The maximum Gasteiger partial charge on any atom is 0.320 e. The van der Waals surface area contributed by atoms with Gasteiger partial charge in [-0.15, -0.1) is 11.3 Å². The molecule has 2 aliphatic heterocycles. The van der Waals surface area contributed by atoms with Crippen LogP contribution in [0.1, 0.15) is 30.6 Å². The van der Waals surface area contributed by atoms with Gasteiger partial charge in [0, 0.05) is 23.5 Å². The second-order valence-corrected chi connectivity index (χ2v) is 6.85. The van der Waals surface area contributed by atoms with Crippen LogP contribution in [-0.4, -0.2) is 42.6 Å². The fourth-order valence-electron chi connectivity index (χ4n) is 3.39. The predicted molar refractivity (Wildman–Crippen MR) is 79.7 cm³/mol. The van der Waals surface area contributed by atoms with Crippen LogP contribution < -0.4 is 5.32 Å². The summed E-state index contributed by atoms with van der Waals surface area (Å²) in [5.74, 6) is -0.115. The minimum Gasteiger partial charge on any atom is -0.461 e. The highest BCUT2D eigenvalue weighted by Crippen LogP contribution is 2.35. The van der Waals surface area contributed by atoms with E-state index >= 15 is 0 Å². The summed E-state index contributed by atoms with van der Waals surface area (Å²) in [7, 11) is 2.20. The third kappa shape index (κ3) is 3.22. The molecule has 0 amide bonds. The van der Waals surface area contributed by atoms with Gasteiger partial charge in [0.05, 0.1) is 6.54 Å². The van der Waals surface area contributed by atoms with Crippen molar-refractivity contribution in [2.24, 2.45) is 0 Å². The van der Waals surface area contributed by atoms with Gasteiger partial charge in [0.1, 0.15) is 6.10 Å². The third-order valence-corrected chi connectivity index (χ3v) is 5.38. The Labute approximate surface area is 124 Å². The second-order valence-electron chi connectivity index (χ2n) is 5.82. The first kappa shape index (κ1) is 14.0. The van der Waals surface area contributed by atoms with Crippen LogP contribution in [0.25, 0.3) is 0 Å². The van der Waals surface area contributed by atoms with Crippen LogP contribution in [0.2, 0.25) is 0 Å². The van der Waals surface area contributed by atoms with Crippen LogP contribution in [0, 0.1) is 0 Å². The van der Waals surface area contributed by atoms with Gasteiger partial charge in [0.15, 0.2) is 0 Å². The summed E-state index contributed by atoms with van der Waals surface area (Å²) in [4.78, 5) is 15.6. The van der Waals surface area contributed by atoms with E-state index < -0.39 is 0 Å². The minimum atomic E-state index is -0.115. The summed E-state index contributed by atoms with van der Waals surface area (Å²) in [5.41, 5.74) is 0. The van der Waals surface area contributed by atoms with Crippen molar-refractivity contribution in [3.05, 3.63) is 22.4 Å². The fraction of sp³-hybridized carbons (Fsp3) is 0.667. The summed E-state index contributed by atoms with van der Waals surface area (Å²) in [6.45, 7) is 1.05. The van der Waals surface area contributed by atoms with Gasteiger partial charge in [-0.1, -0.05) is 6.07 Å². The van der Waals surface area contributed by atoms with Gasteiger partial charge in [-0.05, 0) is 44.2 Å². The van der Waals surface area contributed by atoms with Gasteiger partial charge < -0.3 is 15.0 Å². The number of piperidine rings is 1. The van der Waals surface area contributed by atoms with Crippen molar-refractivity contribution in [1.82, 2.24) is 10.2 Å². The molecule has 110 valence electrons. The maximum atomic E-state index is 11.9. The summed E-state index contributed by atoms with van der Waals surface area (Å²) < 4.78 is 5.62. The molecule has 0 radical (unpaired) electrons. The van der Waals surface area contributed by atoms with Gasteiger partial charge in [0.25, 0.3) is 0 Å². The van der Waals surface area contributed by atoms with Crippen LogP contribution in [-0.2, 0) is 16.1 Å². The van der Waals surface area contributed by atoms with E-state index in [0.29, 0.717) is 18.6 Å². The summed E-state index contributed by atoms with van der Waals surface area (Å²) >= 11 is 1.70. The summed E-state index contributed by atoms with van der Waals surface area (Å²) in [5, 5.41) is 5.19. The van der Waals surface area contributed by atoms with E-state index in [1.165, 1.54) is 17.7 Å². The molecule has 1 N–H and O–H groups in total. The van der Waals surface area contributed by atoms with E-state index in [0.717, 1.165) is 19.4 Å². The molecule has 3 heterocycles. The first-order chi connectivity index (χ1) is 9.72. The first-order valence-electron chi connectivity index (χ1n) is 7.37. The average Bonchev–Trinajstić information content (AvgIpc) is 2.98. The molecule has 1 aromatic heterocycles. The van der Waals surface area contributed by atoms with Crippen molar-refractivity contribution in [2.45, 2.75) is 50.4 Å². The quantitative estimate of drug-likeness (QED) is 0.844. The second kappa shape index (κ2) is 6.24. The van der Waals surface area contributed by atoms with Crippen molar-refractivity contribution in [1.29, 1.82) is 0 Å². The number of carbonyl (C=O) groups excluding carboxylic acids is 1. The van der Waals surface area contributed by atoms with Gasteiger partial charge in [0.2, 0.25) is 0 Å². The van der Waals surface area contributed by atoms with Crippen LogP contribution >= 0.6 is 11.3 Å². The molecular formula is C15H22N2O2S. The number of nitrogens with zero attached hydrogens (tertiary/aromatic N) is 1. The zero-order valence-corrected chi connectivity index (χ0v) is 12.7. The molecule has 1 aromatic rings. The molecule has 2 fully saturated rings. The lowest BCUT2D eigenvalue weighted by molar-refractivity contribution is -0.151. The third-order valence-electron chi connectivity index (χ3n) is 4.50. The normalized spacial score (nSPS) is 29.6. The Balaban J connectivity index is 1.39. The van der Waals surface area contributed by atoms with E-state index in [9.17, 15) is 4.79 Å². The van der Waals surface area contributed by atoms with E-state index in [1.54, 1.807) is 11.3 Å². The van der Waals surface area contributed by atoms with Crippen molar-refractivity contribution in [3.8, 4) is 0 Å². The maximum absolute atomic E-state index is 11.9. The molecule has 1 unspecified atom stereocenters. The highest BCUT2D eigenvalue weighted by molar-refractivity contribution is 7.09. The zero-order chi connectivity index (χ0) is 13.9. The lowest BCUT2D eigenvalue weighted by Gasteiger charge is -2.35. The average molecular weight is 294 g/mol. The minimum absolute atomic E-state index is 0.115. The van der Waals surface area contributed by atoms with Crippen molar-refractivity contribution >= 4 is 17.3 Å². The SMILES string of the molecule is CN1[C@@H]2CC[C@H]1CC(OC(=O)CNCc1cccs1)C2. The van der Waals surface area contributed by atoms with E-state index in [4.69, 9.17) is 4.74 Å². The molecular weight excluding hydrogens is 272 g/mol. The molecule has 0 spiro atoms. The van der Waals surface area contributed by atoms with Gasteiger partial charge in [-0.3, -0.25) is 4.79 Å². The Bertz CT molecular complexity index is 435. The molecule has 0 aliphatic carbocycles. The van der Waals surface area contributed by atoms with Crippen LogP contribution in [0.3, 0.4) is 0 Å². The molecule has 3 atom stereocenters. The number of fused-ring (bicyclic) bond motifs is 2. The molecule has 5 heteroatoms. The number of esters is 1. The molecule has 2 bridgehead atoms. The van der Waals surface area contributed by atoms with E-state index in [2.05, 4.69) is 23.3 Å². The predicted octanol–water partition coefficient (Wildman–Crippen LogP) is 2.01. The van der Waals surface area contributed by atoms with Gasteiger partial charge >= 0.3 is 5.97 Å². The molecule has 2 aliphatic rings. The Morgan fingerprint density at radius 2 is 2.20 bits per heavy atom. The van der Waals surface area contributed by atoms with Crippen LogP contribution in [0.4, 0.5) is 0 Å².